The number of rotatable bonds is 3. The number of ether oxygens (including phenoxy) is 2. The molecule has 2 aromatic heterocycles. The Morgan fingerprint density at radius 1 is 1.42 bits per heavy atom. The van der Waals surface area contributed by atoms with Crippen molar-refractivity contribution in [2.45, 2.75) is 18.9 Å². The van der Waals surface area contributed by atoms with Gasteiger partial charge in [0.15, 0.2) is 5.69 Å². The number of imidazole rings is 1. The number of nitrogens with zero attached hydrogens (tertiary/aromatic N) is 2. The molecule has 0 aromatic carbocycles. The van der Waals surface area contributed by atoms with Crippen molar-refractivity contribution in [2.75, 3.05) is 13.2 Å². The van der Waals surface area contributed by atoms with E-state index in [4.69, 9.17) is 9.47 Å². The molecule has 0 unspecified atom stereocenters. The summed E-state index contributed by atoms with van der Waals surface area (Å²) in [7, 11) is 0. The SMILES string of the molecule is O=C(O)c1c(OC2CCOCC2)nc2ccccn12. The van der Waals surface area contributed by atoms with Crippen molar-refractivity contribution in [1.29, 1.82) is 0 Å². The summed E-state index contributed by atoms with van der Waals surface area (Å²) in [5.74, 6) is -0.855. The van der Waals surface area contributed by atoms with Gasteiger partial charge in [0, 0.05) is 19.0 Å². The molecule has 100 valence electrons. The van der Waals surface area contributed by atoms with Gasteiger partial charge >= 0.3 is 5.97 Å². The van der Waals surface area contributed by atoms with E-state index in [0.29, 0.717) is 18.9 Å². The summed E-state index contributed by atoms with van der Waals surface area (Å²) in [4.78, 5) is 15.6. The fourth-order valence-corrected chi connectivity index (χ4v) is 2.20. The van der Waals surface area contributed by atoms with Gasteiger partial charge in [0.25, 0.3) is 0 Å². The summed E-state index contributed by atoms with van der Waals surface area (Å²) in [6.07, 6.45) is 3.15. The summed E-state index contributed by atoms with van der Waals surface area (Å²) >= 11 is 0. The van der Waals surface area contributed by atoms with Gasteiger partial charge in [-0.25, -0.2) is 4.79 Å². The first kappa shape index (κ1) is 12.0. The average molecular weight is 262 g/mol. The smallest absolute Gasteiger partial charge is 0.358 e. The van der Waals surface area contributed by atoms with E-state index in [9.17, 15) is 9.90 Å². The molecule has 1 aliphatic heterocycles. The van der Waals surface area contributed by atoms with Crippen molar-refractivity contribution in [1.82, 2.24) is 9.38 Å². The highest BCUT2D eigenvalue weighted by molar-refractivity contribution is 5.89. The lowest BCUT2D eigenvalue weighted by molar-refractivity contribution is 0.0231. The van der Waals surface area contributed by atoms with Gasteiger partial charge in [-0.3, -0.25) is 4.40 Å². The molecular formula is C13H14N2O4. The minimum absolute atomic E-state index is 0.0308. The molecule has 0 saturated carbocycles. The lowest BCUT2D eigenvalue weighted by Gasteiger charge is -2.22. The summed E-state index contributed by atoms with van der Waals surface area (Å²) < 4.78 is 12.5. The second-order valence-electron chi connectivity index (χ2n) is 4.43. The summed E-state index contributed by atoms with van der Waals surface area (Å²) in [5.41, 5.74) is 0.643. The third-order valence-corrected chi connectivity index (χ3v) is 3.15. The summed E-state index contributed by atoms with van der Waals surface area (Å²) in [6, 6.07) is 5.33. The lowest BCUT2D eigenvalue weighted by atomic mass is 10.1. The van der Waals surface area contributed by atoms with Gasteiger partial charge in [-0.2, -0.15) is 4.98 Å². The molecule has 19 heavy (non-hydrogen) atoms. The Morgan fingerprint density at radius 3 is 2.95 bits per heavy atom. The third-order valence-electron chi connectivity index (χ3n) is 3.15. The quantitative estimate of drug-likeness (QED) is 0.909. The summed E-state index contributed by atoms with van der Waals surface area (Å²) in [6.45, 7) is 1.28. The fraction of sp³-hybridized carbons (Fsp3) is 0.385. The van der Waals surface area contributed by atoms with Crippen LogP contribution in [0.3, 0.4) is 0 Å². The van der Waals surface area contributed by atoms with Crippen LogP contribution in [0, 0.1) is 0 Å². The van der Waals surface area contributed by atoms with Crippen LogP contribution in [0.4, 0.5) is 0 Å². The molecule has 0 amide bonds. The second kappa shape index (κ2) is 4.89. The third kappa shape index (κ3) is 2.26. The number of aromatic nitrogens is 2. The van der Waals surface area contributed by atoms with Crippen LogP contribution in [0.25, 0.3) is 5.65 Å². The number of fused-ring (bicyclic) bond motifs is 1. The number of carboxylic acid groups (broad SMARTS) is 1. The van der Waals surface area contributed by atoms with Gasteiger partial charge < -0.3 is 14.6 Å². The number of hydrogen-bond donors (Lipinski definition) is 1. The standard InChI is InChI=1S/C13H14N2O4/c16-13(17)11-12(19-9-4-7-18-8-5-9)14-10-3-1-2-6-15(10)11/h1-3,6,9H,4-5,7-8H2,(H,16,17). The van der Waals surface area contributed by atoms with Crippen molar-refractivity contribution in [2.24, 2.45) is 0 Å². The van der Waals surface area contributed by atoms with Crippen LogP contribution in [-0.4, -0.2) is 39.8 Å². The predicted octanol–water partition coefficient (Wildman–Crippen LogP) is 1.59. The molecule has 1 fully saturated rings. The Balaban J connectivity index is 1.97. The molecule has 0 atom stereocenters. The molecule has 6 heteroatoms. The van der Waals surface area contributed by atoms with E-state index in [1.807, 2.05) is 6.07 Å². The number of hydrogen-bond acceptors (Lipinski definition) is 4. The van der Waals surface area contributed by atoms with Crippen molar-refractivity contribution < 1.29 is 19.4 Å². The zero-order chi connectivity index (χ0) is 13.2. The molecule has 1 saturated heterocycles. The van der Waals surface area contributed by atoms with Gasteiger partial charge in [0.05, 0.1) is 13.2 Å². The van der Waals surface area contributed by atoms with Crippen LogP contribution in [0.1, 0.15) is 23.3 Å². The van der Waals surface area contributed by atoms with Crippen LogP contribution in [0.15, 0.2) is 24.4 Å². The molecule has 0 aliphatic carbocycles. The molecule has 3 heterocycles. The fourth-order valence-electron chi connectivity index (χ4n) is 2.20. The highest BCUT2D eigenvalue weighted by atomic mass is 16.5. The molecular weight excluding hydrogens is 248 g/mol. The van der Waals surface area contributed by atoms with E-state index in [-0.39, 0.29) is 17.7 Å². The molecule has 1 N–H and O–H groups in total. The van der Waals surface area contributed by atoms with E-state index < -0.39 is 5.97 Å². The maximum atomic E-state index is 11.4. The highest BCUT2D eigenvalue weighted by Crippen LogP contribution is 2.23. The number of carbonyl (C=O) groups is 1. The first-order chi connectivity index (χ1) is 9.25. The Bertz CT molecular complexity index is 602. The molecule has 3 rings (SSSR count). The van der Waals surface area contributed by atoms with Crippen molar-refractivity contribution in [3.8, 4) is 5.88 Å². The Morgan fingerprint density at radius 2 is 2.21 bits per heavy atom. The minimum Gasteiger partial charge on any atom is -0.476 e. The van der Waals surface area contributed by atoms with Crippen LogP contribution < -0.4 is 4.74 Å². The van der Waals surface area contributed by atoms with Gasteiger partial charge in [0.2, 0.25) is 5.88 Å². The van der Waals surface area contributed by atoms with E-state index in [1.54, 1.807) is 18.3 Å². The van der Waals surface area contributed by atoms with Crippen molar-refractivity contribution in [3.63, 3.8) is 0 Å². The largest absolute Gasteiger partial charge is 0.476 e. The Kier molecular flexibility index (Phi) is 3.08. The molecule has 2 aromatic rings. The normalized spacial score (nSPS) is 16.6. The predicted molar refractivity (Wildman–Crippen MR) is 66.6 cm³/mol. The number of aromatic carboxylic acids is 1. The zero-order valence-electron chi connectivity index (χ0n) is 10.3. The zero-order valence-corrected chi connectivity index (χ0v) is 10.3. The minimum atomic E-state index is -1.04. The van der Waals surface area contributed by atoms with Crippen molar-refractivity contribution >= 4 is 11.6 Å². The number of pyridine rings is 1. The topological polar surface area (TPSA) is 73.1 Å². The van der Waals surface area contributed by atoms with E-state index >= 15 is 0 Å². The monoisotopic (exact) mass is 262 g/mol. The second-order valence-corrected chi connectivity index (χ2v) is 4.43. The molecule has 6 nitrogen and oxygen atoms in total. The molecule has 0 bridgehead atoms. The maximum absolute atomic E-state index is 11.4. The molecule has 0 radical (unpaired) electrons. The summed E-state index contributed by atoms with van der Waals surface area (Å²) in [5, 5.41) is 9.32. The number of carboxylic acids is 1. The van der Waals surface area contributed by atoms with Crippen LogP contribution >= 0.6 is 0 Å². The molecule has 0 spiro atoms. The average Bonchev–Trinajstić information content (AvgIpc) is 2.77. The first-order valence-corrected chi connectivity index (χ1v) is 6.20. The van der Waals surface area contributed by atoms with Gasteiger partial charge in [-0.05, 0) is 12.1 Å². The van der Waals surface area contributed by atoms with Crippen LogP contribution in [0.5, 0.6) is 5.88 Å². The van der Waals surface area contributed by atoms with Crippen LogP contribution in [-0.2, 0) is 4.74 Å². The highest BCUT2D eigenvalue weighted by Gasteiger charge is 2.24. The Labute approximate surface area is 109 Å². The maximum Gasteiger partial charge on any atom is 0.358 e. The van der Waals surface area contributed by atoms with Gasteiger partial charge in [0.1, 0.15) is 11.8 Å². The van der Waals surface area contributed by atoms with Gasteiger partial charge in [-0.15, -0.1) is 0 Å². The van der Waals surface area contributed by atoms with E-state index in [2.05, 4.69) is 4.98 Å². The Hall–Kier alpha value is -2.08. The van der Waals surface area contributed by atoms with Crippen LogP contribution in [0.2, 0.25) is 0 Å². The van der Waals surface area contributed by atoms with E-state index in [1.165, 1.54) is 4.40 Å². The molecule has 1 aliphatic rings. The van der Waals surface area contributed by atoms with Gasteiger partial charge in [-0.1, -0.05) is 6.07 Å². The first-order valence-electron chi connectivity index (χ1n) is 6.20. The van der Waals surface area contributed by atoms with Crippen molar-refractivity contribution in [3.05, 3.63) is 30.1 Å². The lowest BCUT2D eigenvalue weighted by Crippen LogP contribution is -2.26. The van der Waals surface area contributed by atoms with E-state index in [0.717, 1.165) is 12.8 Å².